The van der Waals surface area contributed by atoms with Crippen LogP contribution in [0.5, 0.6) is 0 Å². The molecule has 116 valence electrons. The molecule has 1 saturated carbocycles. The Kier molecular flexibility index (Phi) is 6.97. The molecule has 1 fully saturated rings. The van der Waals surface area contributed by atoms with Crippen LogP contribution in [-0.4, -0.2) is 12.6 Å². The Hall–Kier alpha value is -0.120. The summed E-state index contributed by atoms with van der Waals surface area (Å²) in [6.07, 6.45) is 9.27. The Bertz CT molecular complexity index is 488. The minimum Gasteiger partial charge on any atom is -0.311 e. The summed E-state index contributed by atoms with van der Waals surface area (Å²) in [7, 11) is 0. The van der Waals surface area contributed by atoms with E-state index in [1.807, 2.05) is 0 Å². The molecule has 0 bridgehead atoms. The fourth-order valence-corrected chi connectivity index (χ4v) is 3.57. The summed E-state index contributed by atoms with van der Waals surface area (Å²) < 4.78 is 2.23. The van der Waals surface area contributed by atoms with Crippen molar-refractivity contribution in [2.24, 2.45) is 5.92 Å². The van der Waals surface area contributed by atoms with Crippen molar-refractivity contribution < 1.29 is 0 Å². The Morgan fingerprint density at radius 3 is 2.52 bits per heavy atom. The van der Waals surface area contributed by atoms with Crippen molar-refractivity contribution >= 4 is 37.9 Å². The first-order valence-electron chi connectivity index (χ1n) is 7.95. The number of nitrogens with one attached hydrogen (secondary N) is 1. The molecule has 1 aliphatic rings. The number of hydrogen-bond donors (Lipinski definition) is 1. The third-order valence-corrected chi connectivity index (χ3v) is 6.02. The molecular formula is C18H25Br2N. The lowest BCUT2D eigenvalue weighted by Crippen LogP contribution is -2.27. The van der Waals surface area contributed by atoms with Crippen molar-refractivity contribution in [3.63, 3.8) is 0 Å². The van der Waals surface area contributed by atoms with Crippen LogP contribution in [0.15, 0.2) is 32.7 Å². The average Bonchev–Trinajstić information content (AvgIpc) is 2.48. The zero-order chi connectivity index (χ0) is 15.2. The monoisotopic (exact) mass is 413 g/mol. The lowest BCUT2D eigenvalue weighted by Gasteiger charge is -2.26. The van der Waals surface area contributed by atoms with Crippen molar-refractivity contribution in [2.75, 3.05) is 6.54 Å². The molecule has 0 aromatic heterocycles. The molecule has 0 unspecified atom stereocenters. The summed E-state index contributed by atoms with van der Waals surface area (Å²) >= 11 is 7.14. The van der Waals surface area contributed by atoms with Gasteiger partial charge in [-0.2, -0.15) is 0 Å². The minimum atomic E-state index is 0.536. The average molecular weight is 415 g/mol. The maximum absolute atomic E-state index is 3.60. The molecule has 1 aromatic carbocycles. The molecule has 21 heavy (non-hydrogen) atoms. The molecule has 0 atom stereocenters. The van der Waals surface area contributed by atoms with E-state index >= 15 is 0 Å². The fourth-order valence-electron chi connectivity index (χ4n) is 2.92. The summed E-state index contributed by atoms with van der Waals surface area (Å²) in [5, 5.41) is 3.60. The molecule has 1 nitrogen and oxygen atoms in total. The van der Waals surface area contributed by atoms with Gasteiger partial charge >= 0.3 is 0 Å². The molecule has 0 radical (unpaired) electrons. The van der Waals surface area contributed by atoms with Crippen LogP contribution in [0.4, 0.5) is 0 Å². The van der Waals surface area contributed by atoms with Gasteiger partial charge in [-0.05, 0) is 68.3 Å². The van der Waals surface area contributed by atoms with Gasteiger partial charge in [-0.25, -0.2) is 0 Å². The van der Waals surface area contributed by atoms with E-state index in [-0.39, 0.29) is 0 Å². The highest BCUT2D eigenvalue weighted by molar-refractivity contribution is 9.13. The van der Waals surface area contributed by atoms with Crippen LogP contribution in [0.2, 0.25) is 0 Å². The number of halogens is 2. The normalized spacial score (nSPS) is 17.5. The second-order valence-corrected chi connectivity index (χ2v) is 7.97. The molecule has 1 aliphatic carbocycles. The topological polar surface area (TPSA) is 12.0 Å². The van der Waals surface area contributed by atoms with E-state index in [1.165, 1.54) is 37.7 Å². The van der Waals surface area contributed by atoms with E-state index in [9.17, 15) is 0 Å². The highest BCUT2D eigenvalue weighted by atomic mass is 79.9. The lowest BCUT2D eigenvalue weighted by molar-refractivity contribution is 0.394. The smallest absolute Gasteiger partial charge is 0.0323 e. The molecule has 0 amide bonds. The minimum absolute atomic E-state index is 0.536. The highest BCUT2D eigenvalue weighted by Gasteiger charge is 2.18. The number of rotatable bonds is 5. The van der Waals surface area contributed by atoms with Gasteiger partial charge in [-0.15, -0.1) is 0 Å². The number of benzene rings is 1. The summed E-state index contributed by atoms with van der Waals surface area (Å²) in [5.41, 5.74) is 2.86. The SMILES string of the molecule is CC(C)NC/C(=C/c1ccc(Br)c(Br)c1)C1CCCCC1. The standard InChI is InChI=1S/C18H25Br2N/c1-13(2)21-12-16(15-6-4-3-5-7-15)10-14-8-9-17(19)18(20)11-14/h8-11,13,15,21H,3-7,12H2,1-2H3/b16-10-. The van der Waals surface area contributed by atoms with E-state index in [4.69, 9.17) is 0 Å². The third-order valence-electron chi connectivity index (χ3n) is 4.14. The maximum Gasteiger partial charge on any atom is 0.0323 e. The molecule has 0 aliphatic heterocycles. The van der Waals surface area contributed by atoms with Gasteiger partial charge in [0.2, 0.25) is 0 Å². The quantitative estimate of drug-likeness (QED) is 0.606. The predicted molar refractivity (Wildman–Crippen MR) is 99.5 cm³/mol. The molecule has 3 heteroatoms. The summed E-state index contributed by atoms with van der Waals surface area (Å²) in [5.74, 6) is 0.757. The van der Waals surface area contributed by atoms with Gasteiger partial charge in [0.1, 0.15) is 0 Å². The van der Waals surface area contributed by atoms with Crippen LogP contribution < -0.4 is 5.32 Å². The second kappa shape index (κ2) is 8.50. The zero-order valence-electron chi connectivity index (χ0n) is 13.0. The van der Waals surface area contributed by atoms with Crippen molar-refractivity contribution in [3.8, 4) is 0 Å². The molecule has 1 N–H and O–H groups in total. The largest absolute Gasteiger partial charge is 0.311 e. The van der Waals surface area contributed by atoms with Gasteiger partial charge in [0.05, 0.1) is 0 Å². The zero-order valence-corrected chi connectivity index (χ0v) is 16.1. The molecule has 2 rings (SSSR count). The van der Waals surface area contributed by atoms with Crippen LogP contribution >= 0.6 is 31.9 Å². The molecule has 0 saturated heterocycles. The van der Waals surface area contributed by atoms with Crippen LogP contribution in [0.3, 0.4) is 0 Å². The first kappa shape index (κ1) is 17.2. The van der Waals surface area contributed by atoms with Crippen LogP contribution in [-0.2, 0) is 0 Å². The Morgan fingerprint density at radius 2 is 1.90 bits per heavy atom. The van der Waals surface area contributed by atoms with Crippen molar-refractivity contribution in [2.45, 2.75) is 52.0 Å². The van der Waals surface area contributed by atoms with Crippen molar-refractivity contribution in [3.05, 3.63) is 38.3 Å². The van der Waals surface area contributed by atoms with Gasteiger partial charge in [-0.3, -0.25) is 0 Å². The maximum atomic E-state index is 3.60. The van der Waals surface area contributed by atoms with Gasteiger partial charge in [-0.1, -0.05) is 50.8 Å². The van der Waals surface area contributed by atoms with Crippen molar-refractivity contribution in [1.82, 2.24) is 5.32 Å². The first-order valence-corrected chi connectivity index (χ1v) is 9.53. The third kappa shape index (κ3) is 5.54. The van der Waals surface area contributed by atoms with Gasteiger partial charge in [0.25, 0.3) is 0 Å². The van der Waals surface area contributed by atoms with E-state index in [0.717, 1.165) is 21.4 Å². The summed E-state index contributed by atoms with van der Waals surface area (Å²) in [6, 6.07) is 7.04. The predicted octanol–water partition coefficient (Wildman–Crippen LogP) is 6.17. The number of hydrogen-bond acceptors (Lipinski definition) is 1. The Balaban J connectivity index is 2.19. The summed E-state index contributed by atoms with van der Waals surface area (Å²) in [6.45, 7) is 5.44. The Labute approximate surface area is 145 Å². The molecule has 0 heterocycles. The Morgan fingerprint density at radius 1 is 1.19 bits per heavy atom. The molecular weight excluding hydrogens is 390 g/mol. The lowest BCUT2D eigenvalue weighted by atomic mass is 9.83. The van der Waals surface area contributed by atoms with Gasteiger partial charge in [0, 0.05) is 21.5 Å². The van der Waals surface area contributed by atoms with E-state index in [0.29, 0.717) is 6.04 Å². The second-order valence-electron chi connectivity index (χ2n) is 6.26. The first-order chi connectivity index (χ1) is 10.1. The fraction of sp³-hybridized carbons (Fsp3) is 0.556. The summed E-state index contributed by atoms with van der Waals surface area (Å²) in [4.78, 5) is 0. The van der Waals surface area contributed by atoms with Crippen LogP contribution in [0, 0.1) is 5.92 Å². The highest BCUT2D eigenvalue weighted by Crippen LogP contribution is 2.31. The van der Waals surface area contributed by atoms with Crippen LogP contribution in [0.1, 0.15) is 51.5 Å². The van der Waals surface area contributed by atoms with E-state index < -0.39 is 0 Å². The van der Waals surface area contributed by atoms with Gasteiger partial charge in [0.15, 0.2) is 0 Å². The van der Waals surface area contributed by atoms with E-state index in [1.54, 1.807) is 5.57 Å². The van der Waals surface area contributed by atoms with Crippen LogP contribution in [0.25, 0.3) is 6.08 Å². The van der Waals surface area contributed by atoms with Crippen molar-refractivity contribution in [1.29, 1.82) is 0 Å². The molecule has 1 aromatic rings. The molecule has 0 spiro atoms. The van der Waals surface area contributed by atoms with Gasteiger partial charge < -0.3 is 5.32 Å². The van der Waals surface area contributed by atoms with E-state index in [2.05, 4.69) is 75.3 Å².